The van der Waals surface area contributed by atoms with E-state index in [2.05, 4.69) is 11.4 Å². The predicted octanol–water partition coefficient (Wildman–Crippen LogP) is 3.02. The first-order valence-electron chi connectivity index (χ1n) is 10.5. The topological polar surface area (TPSA) is 141 Å². The van der Waals surface area contributed by atoms with Crippen LogP contribution in [0.25, 0.3) is 0 Å². The molecule has 0 amide bonds. The van der Waals surface area contributed by atoms with Crippen LogP contribution in [0.15, 0.2) is 65.9 Å². The van der Waals surface area contributed by atoms with Crippen molar-refractivity contribution in [2.24, 2.45) is 0 Å². The fourth-order valence-corrected chi connectivity index (χ4v) is 4.71. The Hall–Kier alpha value is -4.03. The number of ketones is 1. The van der Waals surface area contributed by atoms with Crippen molar-refractivity contribution in [2.45, 2.75) is 43.1 Å². The Labute approximate surface area is 188 Å². The minimum absolute atomic E-state index is 0.0117. The number of nitrogens with zero attached hydrogens (tertiary/aromatic N) is 2. The average Bonchev–Trinajstić information content (AvgIpc) is 3.46. The highest BCUT2D eigenvalue weighted by Crippen LogP contribution is 2.59. The number of non-ortho nitro benzene ring substituents is 1. The summed E-state index contributed by atoms with van der Waals surface area (Å²) in [7, 11) is 0. The molecule has 1 aliphatic carbocycles. The largest absolute Gasteiger partial charge is 0.441 e. The normalized spacial score (nSPS) is 27.5. The Bertz CT molecular complexity index is 1230. The van der Waals surface area contributed by atoms with E-state index in [1.54, 1.807) is 12.1 Å². The number of ether oxygens (including phenoxy) is 2. The fraction of sp³-hybridized carbons (Fsp3) is 0.292. The van der Waals surface area contributed by atoms with Gasteiger partial charge in [-0.05, 0) is 17.5 Å². The summed E-state index contributed by atoms with van der Waals surface area (Å²) >= 11 is 0. The van der Waals surface area contributed by atoms with E-state index in [-0.39, 0.29) is 17.9 Å². The van der Waals surface area contributed by atoms with Crippen molar-refractivity contribution in [1.82, 2.24) is 5.32 Å². The lowest BCUT2D eigenvalue weighted by atomic mass is 9.73. The summed E-state index contributed by atoms with van der Waals surface area (Å²) in [5.74, 6) is -2.87. The Morgan fingerprint density at radius 3 is 2.61 bits per heavy atom. The maximum absolute atomic E-state index is 12.9. The number of benzene rings is 2. The minimum Gasteiger partial charge on any atom is -0.441 e. The molecule has 166 valence electrons. The third kappa shape index (κ3) is 3.27. The Morgan fingerprint density at radius 1 is 1.21 bits per heavy atom. The zero-order chi connectivity index (χ0) is 23.2. The first kappa shape index (κ1) is 20.8. The Kier molecular flexibility index (Phi) is 4.76. The van der Waals surface area contributed by atoms with Gasteiger partial charge in [-0.1, -0.05) is 42.5 Å². The number of nitrogens with one attached hydrogen (secondary N) is 1. The summed E-state index contributed by atoms with van der Waals surface area (Å²) in [6.07, 6.45) is 1.35. The lowest BCUT2D eigenvalue weighted by molar-refractivity contribution is -0.384. The van der Waals surface area contributed by atoms with E-state index in [9.17, 15) is 25.0 Å². The third-order valence-corrected chi connectivity index (χ3v) is 6.28. The van der Waals surface area contributed by atoms with E-state index < -0.39 is 28.3 Å². The molecule has 0 aromatic heterocycles. The van der Waals surface area contributed by atoms with Crippen LogP contribution in [0.4, 0.5) is 5.69 Å². The lowest BCUT2D eigenvalue weighted by Gasteiger charge is -2.35. The van der Waals surface area contributed by atoms with Gasteiger partial charge < -0.3 is 9.47 Å². The van der Waals surface area contributed by atoms with Crippen molar-refractivity contribution in [3.05, 3.63) is 87.2 Å². The second-order valence-corrected chi connectivity index (χ2v) is 8.30. The van der Waals surface area contributed by atoms with Gasteiger partial charge in [0.2, 0.25) is 5.54 Å². The number of nitro benzene ring substituents is 1. The van der Waals surface area contributed by atoms with Crippen LogP contribution in [0.2, 0.25) is 0 Å². The molecule has 2 heterocycles. The molecule has 2 aromatic rings. The van der Waals surface area contributed by atoms with Crippen LogP contribution in [-0.4, -0.2) is 28.1 Å². The Balaban J connectivity index is 1.53. The molecule has 0 bridgehead atoms. The van der Waals surface area contributed by atoms with Crippen molar-refractivity contribution in [1.29, 1.82) is 5.26 Å². The van der Waals surface area contributed by atoms with Crippen LogP contribution >= 0.6 is 0 Å². The third-order valence-electron chi connectivity index (χ3n) is 6.28. The van der Waals surface area contributed by atoms with Gasteiger partial charge in [-0.2, -0.15) is 5.26 Å². The summed E-state index contributed by atoms with van der Waals surface area (Å²) in [4.78, 5) is 36.2. The van der Waals surface area contributed by atoms with Crippen LogP contribution < -0.4 is 5.32 Å². The maximum Gasteiger partial charge on any atom is 0.351 e. The van der Waals surface area contributed by atoms with Gasteiger partial charge in [-0.15, -0.1) is 0 Å². The average molecular weight is 445 g/mol. The molecule has 1 saturated heterocycles. The summed E-state index contributed by atoms with van der Waals surface area (Å²) in [6.45, 7) is 0. The van der Waals surface area contributed by atoms with E-state index >= 15 is 0 Å². The van der Waals surface area contributed by atoms with Gasteiger partial charge in [0.05, 0.1) is 23.3 Å². The molecule has 0 saturated carbocycles. The summed E-state index contributed by atoms with van der Waals surface area (Å²) in [5, 5.41) is 24.2. The molecule has 2 aromatic carbocycles. The highest BCUT2D eigenvalue weighted by Gasteiger charge is 2.82. The van der Waals surface area contributed by atoms with E-state index in [4.69, 9.17) is 9.47 Å². The maximum atomic E-state index is 12.9. The van der Waals surface area contributed by atoms with Gasteiger partial charge in [0.1, 0.15) is 5.76 Å². The molecule has 1 N–H and O–H groups in total. The number of allylic oxidation sites excluding steroid dienone is 1. The van der Waals surface area contributed by atoms with Gasteiger partial charge in [0.25, 0.3) is 5.69 Å². The number of nitriles is 1. The summed E-state index contributed by atoms with van der Waals surface area (Å²) in [6, 6.07) is 16.9. The molecule has 2 aliphatic heterocycles. The summed E-state index contributed by atoms with van der Waals surface area (Å²) in [5.41, 5.74) is 0.00219. The zero-order valence-corrected chi connectivity index (χ0v) is 17.4. The number of carbonyl (C=O) groups is 2. The van der Waals surface area contributed by atoms with Crippen molar-refractivity contribution in [3.8, 4) is 6.07 Å². The molecular formula is C24H19N3O6. The van der Waals surface area contributed by atoms with E-state index in [0.717, 1.165) is 5.56 Å². The molecule has 1 fully saturated rings. The van der Waals surface area contributed by atoms with E-state index in [1.165, 1.54) is 24.3 Å². The smallest absolute Gasteiger partial charge is 0.351 e. The van der Waals surface area contributed by atoms with Crippen molar-refractivity contribution in [3.63, 3.8) is 0 Å². The predicted molar refractivity (Wildman–Crippen MR) is 113 cm³/mol. The first-order chi connectivity index (χ1) is 15.9. The number of esters is 1. The highest BCUT2D eigenvalue weighted by molar-refractivity contribution is 5.99. The second kappa shape index (κ2) is 7.53. The number of carbonyl (C=O) groups excluding carboxylic acids is 2. The van der Waals surface area contributed by atoms with Crippen molar-refractivity contribution >= 4 is 17.4 Å². The van der Waals surface area contributed by atoms with Crippen LogP contribution in [-0.2, 0) is 25.5 Å². The number of Topliss-reactive ketones (excluding diaryl/α,β-unsaturated/α-hetero) is 1. The van der Waals surface area contributed by atoms with E-state index in [0.29, 0.717) is 36.2 Å². The molecule has 33 heavy (non-hydrogen) atoms. The van der Waals surface area contributed by atoms with Gasteiger partial charge in [-0.3, -0.25) is 19.7 Å². The molecule has 5 rings (SSSR count). The molecule has 3 aliphatic rings. The molecule has 0 unspecified atom stereocenters. The van der Waals surface area contributed by atoms with Crippen LogP contribution in [0.5, 0.6) is 0 Å². The first-order valence-corrected chi connectivity index (χ1v) is 10.5. The van der Waals surface area contributed by atoms with Gasteiger partial charge >= 0.3 is 11.9 Å². The van der Waals surface area contributed by atoms with Gasteiger partial charge in [-0.25, -0.2) is 5.32 Å². The van der Waals surface area contributed by atoms with Crippen LogP contribution in [0, 0.1) is 21.4 Å². The number of nitro groups is 1. The number of fused-ring (bicyclic) bond motifs is 1. The standard InChI is InChI=1S/C24H19N3O6/c25-14-23-22(16-9-11-17(12-10-16)27(30)31)21-18(28)7-4-8-19(21)32-24(23,26-23)33-20(29)13-15-5-2-1-3-6-15/h1-3,5-6,9-12,22,26H,4,7-8,13H2/t22-,23-,24-/m0/s1. The number of rotatable bonds is 5. The van der Waals surface area contributed by atoms with Crippen molar-refractivity contribution < 1.29 is 24.0 Å². The fourth-order valence-electron chi connectivity index (χ4n) is 4.71. The minimum atomic E-state index is -1.73. The zero-order valence-electron chi connectivity index (χ0n) is 17.4. The molecule has 3 atom stereocenters. The molecular weight excluding hydrogens is 426 g/mol. The molecule has 0 radical (unpaired) electrons. The quantitative estimate of drug-likeness (QED) is 0.320. The number of hydrogen-bond acceptors (Lipinski definition) is 8. The Morgan fingerprint density at radius 2 is 1.94 bits per heavy atom. The van der Waals surface area contributed by atoms with Gasteiger partial charge in [0.15, 0.2) is 5.78 Å². The summed E-state index contributed by atoms with van der Waals surface area (Å²) < 4.78 is 11.7. The molecule has 0 spiro atoms. The van der Waals surface area contributed by atoms with Crippen molar-refractivity contribution in [2.75, 3.05) is 0 Å². The van der Waals surface area contributed by atoms with Gasteiger partial charge in [0, 0.05) is 30.5 Å². The number of hydrogen-bond donors (Lipinski definition) is 1. The van der Waals surface area contributed by atoms with E-state index in [1.807, 2.05) is 18.2 Å². The highest BCUT2D eigenvalue weighted by atomic mass is 16.8. The van der Waals surface area contributed by atoms with Crippen LogP contribution in [0.1, 0.15) is 36.3 Å². The monoisotopic (exact) mass is 445 g/mol. The lowest BCUT2D eigenvalue weighted by Crippen LogP contribution is -2.44. The molecule has 9 nitrogen and oxygen atoms in total. The second-order valence-electron chi connectivity index (χ2n) is 8.30. The molecule has 9 heteroatoms. The SMILES string of the molecule is N#C[C@@]12N[C@]1(OC(=O)Cc1ccccc1)OC1=C(C(=O)CCC1)[C@@H]2c1ccc([N+](=O)[O-])cc1. The van der Waals surface area contributed by atoms with Crippen LogP contribution in [0.3, 0.4) is 0 Å².